The van der Waals surface area contributed by atoms with Gasteiger partial charge in [0.2, 0.25) is 0 Å². The van der Waals surface area contributed by atoms with Crippen molar-refractivity contribution < 1.29 is 0 Å². The SMILES string of the molecule is CCNCC1CCCC1Cc1ccc(C)cc1Cl. The van der Waals surface area contributed by atoms with E-state index in [0.717, 1.165) is 29.8 Å². The molecule has 2 unspecified atom stereocenters. The van der Waals surface area contributed by atoms with Gasteiger partial charge in [0.05, 0.1) is 0 Å². The van der Waals surface area contributed by atoms with Crippen LogP contribution in [-0.2, 0) is 6.42 Å². The molecular weight excluding hydrogens is 242 g/mol. The number of nitrogens with one attached hydrogen (secondary N) is 1. The second kappa shape index (κ2) is 6.58. The first-order chi connectivity index (χ1) is 8.70. The molecular formula is C16H24ClN. The van der Waals surface area contributed by atoms with Crippen LogP contribution < -0.4 is 5.32 Å². The van der Waals surface area contributed by atoms with Crippen LogP contribution in [0.15, 0.2) is 18.2 Å². The van der Waals surface area contributed by atoms with E-state index in [4.69, 9.17) is 11.6 Å². The lowest BCUT2D eigenvalue weighted by Gasteiger charge is -2.20. The standard InChI is InChI=1S/C16H24ClN/c1-3-18-11-15-6-4-5-13(15)10-14-8-7-12(2)9-16(14)17/h7-9,13,15,18H,3-6,10-11H2,1-2H3. The molecule has 1 aromatic carbocycles. The maximum Gasteiger partial charge on any atom is 0.0440 e. The van der Waals surface area contributed by atoms with Gasteiger partial charge in [-0.3, -0.25) is 0 Å². The zero-order valence-electron chi connectivity index (χ0n) is 11.5. The van der Waals surface area contributed by atoms with E-state index in [9.17, 15) is 0 Å². The predicted molar refractivity (Wildman–Crippen MR) is 79.3 cm³/mol. The molecule has 0 aromatic heterocycles. The second-order valence-electron chi connectivity index (χ2n) is 5.56. The smallest absolute Gasteiger partial charge is 0.0440 e. The van der Waals surface area contributed by atoms with Gasteiger partial charge in [-0.1, -0.05) is 37.1 Å². The van der Waals surface area contributed by atoms with Crippen LogP contribution >= 0.6 is 11.6 Å². The summed E-state index contributed by atoms with van der Waals surface area (Å²) in [5.74, 6) is 1.64. The summed E-state index contributed by atoms with van der Waals surface area (Å²) in [6.07, 6.45) is 5.26. The van der Waals surface area contributed by atoms with Gasteiger partial charge in [0.25, 0.3) is 0 Å². The molecule has 1 aromatic rings. The summed E-state index contributed by atoms with van der Waals surface area (Å²) in [7, 11) is 0. The topological polar surface area (TPSA) is 12.0 Å². The lowest BCUT2D eigenvalue weighted by molar-refractivity contribution is 0.368. The van der Waals surface area contributed by atoms with Gasteiger partial charge < -0.3 is 5.32 Å². The molecule has 0 spiro atoms. The summed E-state index contributed by atoms with van der Waals surface area (Å²) < 4.78 is 0. The molecule has 1 fully saturated rings. The van der Waals surface area contributed by atoms with E-state index < -0.39 is 0 Å². The second-order valence-corrected chi connectivity index (χ2v) is 5.96. The molecule has 1 N–H and O–H groups in total. The summed E-state index contributed by atoms with van der Waals surface area (Å²) in [5.41, 5.74) is 2.58. The van der Waals surface area contributed by atoms with Crippen LogP contribution in [0.1, 0.15) is 37.3 Å². The largest absolute Gasteiger partial charge is 0.317 e. The van der Waals surface area contributed by atoms with E-state index in [1.54, 1.807) is 0 Å². The number of halogens is 1. The third-order valence-electron chi connectivity index (χ3n) is 4.16. The van der Waals surface area contributed by atoms with Crippen LogP contribution in [0.2, 0.25) is 5.02 Å². The Kier molecular flexibility index (Phi) is 5.08. The Morgan fingerprint density at radius 1 is 1.28 bits per heavy atom. The molecule has 0 aliphatic heterocycles. The van der Waals surface area contributed by atoms with Crippen LogP contribution in [0.5, 0.6) is 0 Å². The summed E-state index contributed by atoms with van der Waals surface area (Å²) in [6, 6.07) is 6.47. The molecule has 18 heavy (non-hydrogen) atoms. The quantitative estimate of drug-likeness (QED) is 0.841. The number of benzene rings is 1. The average Bonchev–Trinajstić information content (AvgIpc) is 2.77. The van der Waals surface area contributed by atoms with Crippen molar-refractivity contribution >= 4 is 11.6 Å². The van der Waals surface area contributed by atoms with Gasteiger partial charge in [-0.05, 0) is 68.3 Å². The molecule has 1 nitrogen and oxygen atoms in total. The maximum absolute atomic E-state index is 6.34. The zero-order chi connectivity index (χ0) is 13.0. The van der Waals surface area contributed by atoms with Crippen molar-refractivity contribution in [1.82, 2.24) is 5.32 Å². The van der Waals surface area contributed by atoms with Crippen molar-refractivity contribution in [1.29, 1.82) is 0 Å². The van der Waals surface area contributed by atoms with Gasteiger partial charge in [-0.15, -0.1) is 0 Å². The highest BCUT2D eigenvalue weighted by molar-refractivity contribution is 6.31. The van der Waals surface area contributed by atoms with Gasteiger partial charge in [0, 0.05) is 5.02 Å². The van der Waals surface area contributed by atoms with Gasteiger partial charge in [-0.2, -0.15) is 0 Å². The predicted octanol–water partition coefficient (Wildman–Crippen LogP) is 4.22. The first-order valence-corrected chi connectivity index (χ1v) is 7.54. The molecule has 0 saturated heterocycles. The number of rotatable bonds is 5. The first kappa shape index (κ1) is 13.9. The van der Waals surface area contributed by atoms with Crippen molar-refractivity contribution in [3.8, 4) is 0 Å². The fourth-order valence-corrected chi connectivity index (χ4v) is 3.39. The molecule has 0 radical (unpaired) electrons. The fourth-order valence-electron chi connectivity index (χ4n) is 3.08. The molecule has 2 heteroatoms. The van der Waals surface area contributed by atoms with Crippen LogP contribution in [0.25, 0.3) is 0 Å². The van der Waals surface area contributed by atoms with E-state index in [1.165, 1.54) is 36.9 Å². The van der Waals surface area contributed by atoms with Crippen molar-refractivity contribution in [2.45, 2.75) is 39.5 Å². The van der Waals surface area contributed by atoms with Gasteiger partial charge >= 0.3 is 0 Å². The van der Waals surface area contributed by atoms with Crippen molar-refractivity contribution in [2.75, 3.05) is 13.1 Å². The molecule has 0 heterocycles. The fraction of sp³-hybridized carbons (Fsp3) is 0.625. The minimum atomic E-state index is 0.809. The van der Waals surface area contributed by atoms with Crippen LogP contribution in [0.3, 0.4) is 0 Å². The highest BCUT2D eigenvalue weighted by Crippen LogP contribution is 2.35. The first-order valence-electron chi connectivity index (χ1n) is 7.16. The maximum atomic E-state index is 6.34. The molecule has 0 amide bonds. The third-order valence-corrected chi connectivity index (χ3v) is 4.52. The van der Waals surface area contributed by atoms with E-state index in [2.05, 4.69) is 37.4 Å². The minimum absolute atomic E-state index is 0.809. The Morgan fingerprint density at radius 2 is 2.06 bits per heavy atom. The number of aryl methyl sites for hydroxylation is 1. The van der Waals surface area contributed by atoms with Crippen molar-refractivity contribution in [3.63, 3.8) is 0 Å². The lowest BCUT2D eigenvalue weighted by atomic mass is 9.89. The highest BCUT2D eigenvalue weighted by Gasteiger charge is 2.27. The van der Waals surface area contributed by atoms with Crippen LogP contribution in [-0.4, -0.2) is 13.1 Å². The van der Waals surface area contributed by atoms with Crippen LogP contribution in [0, 0.1) is 18.8 Å². The molecule has 0 bridgehead atoms. The van der Waals surface area contributed by atoms with E-state index in [1.807, 2.05) is 0 Å². The van der Waals surface area contributed by atoms with E-state index >= 15 is 0 Å². The molecule has 2 rings (SSSR count). The lowest BCUT2D eigenvalue weighted by Crippen LogP contribution is -2.26. The normalized spacial score (nSPS) is 23.5. The average molecular weight is 266 g/mol. The summed E-state index contributed by atoms with van der Waals surface area (Å²) in [4.78, 5) is 0. The molecule has 1 aliphatic rings. The Morgan fingerprint density at radius 3 is 2.78 bits per heavy atom. The minimum Gasteiger partial charge on any atom is -0.317 e. The Hall–Kier alpha value is -0.530. The molecule has 1 aliphatic carbocycles. The monoisotopic (exact) mass is 265 g/mol. The van der Waals surface area contributed by atoms with Gasteiger partial charge in [0.15, 0.2) is 0 Å². The molecule has 2 atom stereocenters. The summed E-state index contributed by atoms with van der Waals surface area (Å²) in [6.45, 7) is 6.53. The highest BCUT2D eigenvalue weighted by atomic mass is 35.5. The van der Waals surface area contributed by atoms with Gasteiger partial charge in [-0.25, -0.2) is 0 Å². The Bertz CT molecular complexity index is 389. The van der Waals surface area contributed by atoms with Crippen molar-refractivity contribution in [3.05, 3.63) is 34.3 Å². The number of hydrogen-bond donors (Lipinski definition) is 1. The van der Waals surface area contributed by atoms with Crippen molar-refractivity contribution in [2.24, 2.45) is 11.8 Å². The van der Waals surface area contributed by atoms with E-state index in [0.29, 0.717) is 0 Å². The molecule has 1 saturated carbocycles. The zero-order valence-corrected chi connectivity index (χ0v) is 12.3. The van der Waals surface area contributed by atoms with Crippen LogP contribution in [0.4, 0.5) is 0 Å². The third kappa shape index (κ3) is 3.49. The molecule has 100 valence electrons. The number of hydrogen-bond acceptors (Lipinski definition) is 1. The van der Waals surface area contributed by atoms with E-state index in [-0.39, 0.29) is 0 Å². The summed E-state index contributed by atoms with van der Waals surface area (Å²) >= 11 is 6.34. The van der Waals surface area contributed by atoms with Gasteiger partial charge in [0.1, 0.15) is 0 Å². The Labute approximate surface area is 116 Å². The Balaban J connectivity index is 1.99. The summed E-state index contributed by atoms with van der Waals surface area (Å²) in [5, 5.41) is 4.44.